The van der Waals surface area contributed by atoms with Crippen LogP contribution in [0.5, 0.6) is 0 Å². The first-order valence-electron chi connectivity index (χ1n) is 7.85. The fourth-order valence-corrected chi connectivity index (χ4v) is 3.32. The summed E-state index contributed by atoms with van der Waals surface area (Å²) in [5, 5.41) is 2.37. The van der Waals surface area contributed by atoms with Crippen LogP contribution in [0.15, 0.2) is 42.5 Å². The van der Waals surface area contributed by atoms with Gasteiger partial charge in [0.2, 0.25) is 0 Å². The Morgan fingerprint density at radius 2 is 1.70 bits per heavy atom. The smallest absolute Gasteiger partial charge is 0.162 e. The number of carbonyl (C=O) groups is 1. The van der Waals surface area contributed by atoms with Crippen molar-refractivity contribution in [3.63, 3.8) is 0 Å². The molecular weight excluding hydrogens is 244 g/mol. The maximum Gasteiger partial charge on any atom is 0.162 e. The second kappa shape index (κ2) is 6.21. The summed E-state index contributed by atoms with van der Waals surface area (Å²) >= 11 is 0. The lowest BCUT2D eigenvalue weighted by molar-refractivity contribution is 0.0970. The Kier molecular flexibility index (Phi) is 4.15. The lowest BCUT2D eigenvalue weighted by Gasteiger charge is -2.20. The summed E-state index contributed by atoms with van der Waals surface area (Å²) < 4.78 is 0. The third kappa shape index (κ3) is 3.09. The van der Waals surface area contributed by atoms with Crippen molar-refractivity contribution >= 4 is 16.6 Å². The largest absolute Gasteiger partial charge is 0.294 e. The van der Waals surface area contributed by atoms with Gasteiger partial charge >= 0.3 is 0 Å². The molecule has 0 aliphatic heterocycles. The topological polar surface area (TPSA) is 17.1 Å². The minimum absolute atomic E-state index is 0.307. The molecule has 0 unspecified atom stereocenters. The van der Waals surface area contributed by atoms with E-state index < -0.39 is 0 Å². The minimum Gasteiger partial charge on any atom is -0.294 e. The summed E-state index contributed by atoms with van der Waals surface area (Å²) in [6.07, 6.45) is 8.53. The van der Waals surface area contributed by atoms with Crippen molar-refractivity contribution in [2.24, 2.45) is 5.92 Å². The molecule has 0 heterocycles. The van der Waals surface area contributed by atoms with Gasteiger partial charge in [0.15, 0.2) is 5.78 Å². The molecule has 3 rings (SSSR count). The van der Waals surface area contributed by atoms with Gasteiger partial charge < -0.3 is 0 Å². The molecule has 0 spiro atoms. The minimum atomic E-state index is 0.307. The zero-order valence-electron chi connectivity index (χ0n) is 12.0. The van der Waals surface area contributed by atoms with Crippen molar-refractivity contribution in [1.29, 1.82) is 0 Å². The molecule has 1 nitrogen and oxygen atoms in total. The second-order valence-electron chi connectivity index (χ2n) is 6.03. The van der Waals surface area contributed by atoms with E-state index in [-0.39, 0.29) is 0 Å². The molecule has 0 saturated heterocycles. The first-order valence-corrected chi connectivity index (χ1v) is 7.85. The Balaban J connectivity index is 1.65. The zero-order chi connectivity index (χ0) is 13.8. The summed E-state index contributed by atoms with van der Waals surface area (Å²) in [5.74, 6) is 1.09. The highest BCUT2D eigenvalue weighted by molar-refractivity contribution is 5.99. The van der Waals surface area contributed by atoms with Gasteiger partial charge in [-0.25, -0.2) is 0 Å². The van der Waals surface area contributed by atoms with Gasteiger partial charge in [0.05, 0.1) is 0 Å². The molecule has 0 radical (unpaired) electrons. The maximum absolute atomic E-state index is 12.3. The summed E-state index contributed by atoms with van der Waals surface area (Å²) in [7, 11) is 0. The Bertz CT molecular complexity index is 593. The van der Waals surface area contributed by atoms with Crippen molar-refractivity contribution in [2.45, 2.75) is 44.9 Å². The molecule has 104 valence electrons. The van der Waals surface area contributed by atoms with Crippen LogP contribution >= 0.6 is 0 Å². The van der Waals surface area contributed by atoms with Crippen molar-refractivity contribution in [3.05, 3.63) is 48.0 Å². The van der Waals surface area contributed by atoms with Crippen LogP contribution in [-0.4, -0.2) is 5.78 Å². The Morgan fingerprint density at radius 1 is 0.950 bits per heavy atom. The van der Waals surface area contributed by atoms with Crippen molar-refractivity contribution < 1.29 is 4.79 Å². The Hall–Kier alpha value is -1.63. The van der Waals surface area contributed by atoms with Crippen LogP contribution < -0.4 is 0 Å². The summed E-state index contributed by atoms with van der Waals surface area (Å²) in [6.45, 7) is 0. The third-order valence-corrected chi connectivity index (χ3v) is 4.58. The first-order chi connectivity index (χ1) is 9.83. The van der Waals surface area contributed by atoms with Gasteiger partial charge in [0, 0.05) is 12.0 Å². The molecule has 0 amide bonds. The molecule has 1 fully saturated rings. The Labute approximate surface area is 121 Å². The normalized spacial score (nSPS) is 16.4. The van der Waals surface area contributed by atoms with E-state index in [1.165, 1.54) is 37.5 Å². The fraction of sp³-hybridized carbons (Fsp3) is 0.421. The van der Waals surface area contributed by atoms with E-state index in [1.54, 1.807) is 0 Å². The number of fused-ring (bicyclic) bond motifs is 1. The van der Waals surface area contributed by atoms with Gasteiger partial charge in [-0.2, -0.15) is 0 Å². The first kappa shape index (κ1) is 13.4. The van der Waals surface area contributed by atoms with Gasteiger partial charge in [-0.1, -0.05) is 68.5 Å². The molecule has 1 aliphatic carbocycles. The highest BCUT2D eigenvalue weighted by Crippen LogP contribution is 2.28. The molecule has 1 aliphatic rings. The van der Waals surface area contributed by atoms with Crippen LogP contribution in [0.25, 0.3) is 10.8 Å². The van der Waals surface area contributed by atoms with Crippen molar-refractivity contribution in [3.8, 4) is 0 Å². The molecule has 0 bridgehead atoms. The summed E-state index contributed by atoms with van der Waals surface area (Å²) in [4.78, 5) is 12.3. The average Bonchev–Trinajstić information content (AvgIpc) is 2.53. The lowest BCUT2D eigenvalue weighted by atomic mass is 9.85. The number of ketones is 1. The highest BCUT2D eigenvalue weighted by atomic mass is 16.1. The van der Waals surface area contributed by atoms with E-state index in [4.69, 9.17) is 0 Å². The molecule has 20 heavy (non-hydrogen) atoms. The molecule has 2 aromatic rings. The van der Waals surface area contributed by atoms with Crippen LogP contribution in [0.1, 0.15) is 55.3 Å². The monoisotopic (exact) mass is 266 g/mol. The number of hydrogen-bond donors (Lipinski definition) is 0. The number of benzene rings is 2. The van der Waals surface area contributed by atoms with E-state index in [1.807, 2.05) is 24.3 Å². The molecule has 1 heteroatoms. The van der Waals surface area contributed by atoms with Gasteiger partial charge in [-0.15, -0.1) is 0 Å². The molecule has 1 saturated carbocycles. The van der Waals surface area contributed by atoms with E-state index >= 15 is 0 Å². The van der Waals surface area contributed by atoms with Crippen LogP contribution in [0.3, 0.4) is 0 Å². The van der Waals surface area contributed by atoms with E-state index in [2.05, 4.69) is 18.2 Å². The van der Waals surface area contributed by atoms with Crippen molar-refractivity contribution in [2.75, 3.05) is 0 Å². The molecule has 0 atom stereocenters. The summed E-state index contributed by atoms with van der Waals surface area (Å²) in [6, 6.07) is 14.3. The zero-order valence-corrected chi connectivity index (χ0v) is 12.0. The SMILES string of the molecule is O=C(CCC1CCCCC1)c1ccc2ccccc2c1. The highest BCUT2D eigenvalue weighted by Gasteiger charge is 2.15. The van der Waals surface area contributed by atoms with Gasteiger partial charge in [-0.05, 0) is 29.2 Å². The lowest BCUT2D eigenvalue weighted by Crippen LogP contribution is -2.09. The molecular formula is C19H22O. The maximum atomic E-state index is 12.3. The van der Waals surface area contributed by atoms with Gasteiger partial charge in [0.25, 0.3) is 0 Å². The molecule has 2 aromatic carbocycles. The fourth-order valence-electron chi connectivity index (χ4n) is 3.32. The van der Waals surface area contributed by atoms with E-state index in [0.717, 1.165) is 23.3 Å². The average molecular weight is 266 g/mol. The number of Topliss-reactive ketones (excluding diaryl/α,β-unsaturated/α-hetero) is 1. The standard InChI is InChI=1S/C19H22O/c20-19(13-10-15-6-2-1-3-7-15)18-12-11-16-8-4-5-9-17(16)14-18/h4-5,8-9,11-12,14-15H,1-3,6-7,10,13H2. The van der Waals surface area contributed by atoms with Gasteiger partial charge in [0.1, 0.15) is 0 Å². The van der Waals surface area contributed by atoms with Gasteiger partial charge in [-0.3, -0.25) is 4.79 Å². The quantitative estimate of drug-likeness (QED) is 0.679. The van der Waals surface area contributed by atoms with Crippen LogP contribution in [0.2, 0.25) is 0 Å². The number of rotatable bonds is 4. The van der Waals surface area contributed by atoms with Crippen LogP contribution in [0, 0.1) is 5.92 Å². The van der Waals surface area contributed by atoms with E-state index in [9.17, 15) is 4.79 Å². The predicted molar refractivity (Wildman–Crippen MR) is 84.1 cm³/mol. The van der Waals surface area contributed by atoms with Crippen LogP contribution in [0.4, 0.5) is 0 Å². The number of carbonyl (C=O) groups excluding carboxylic acids is 1. The van der Waals surface area contributed by atoms with E-state index in [0.29, 0.717) is 12.2 Å². The number of hydrogen-bond acceptors (Lipinski definition) is 1. The predicted octanol–water partition coefficient (Wildman–Crippen LogP) is 5.38. The van der Waals surface area contributed by atoms with Crippen LogP contribution in [-0.2, 0) is 0 Å². The summed E-state index contributed by atoms with van der Waals surface area (Å²) in [5.41, 5.74) is 0.875. The molecule has 0 aromatic heterocycles. The van der Waals surface area contributed by atoms with Crippen molar-refractivity contribution in [1.82, 2.24) is 0 Å². The second-order valence-corrected chi connectivity index (χ2v) is 6.03. The third-order valence-electron chi connectivity index (χ3n) is 4.58. The Morgan fingerprint density at radius 3 is 2.50 bits per heavy atom. The molecule has 0 N–H and O–H groups in total.